The second-order valence-corrected chi connectivity index (χ2v) is 10.7. The molecule has 3 rings (SSSR count). The van der Waals surface area contributed by atoms with Gasteiger partial charge in [-0.15, -0.1) is 0 Å². The van der Waals surface area contributed by atoms with Crippen molar-refractivity contribution in [3.05, 3.63) is 29.8 Å². The molecule has 2 aliphatic heterocycles. The molecule has 8 nitrogen and oxygen atoms in total. The Morgan fingerprint density at radius 1 is 1.13 bits per heavy atom. The maximum absolute atomic E-state index is 12.3. The number of carbonyl (C=O) groups is 1. The molecule has 2 saturated heterocycles. The molecule has 168 valence electrons. The van der Waals surface area contributed by atoms with Crippen LogP contribution in [0, 0.1) is 12.8 Å². The summed E-state index contributed by atoms with van der Waals surface area (Å²) >= 11 is 0. The van der Waals surface area contributed by atoms with Gasteiger partial charge in [-0.2, -0.15) is 0 Å². The average Bonchev–Trinajstić information content (AvgIpc) is 2.91. The monoisotopic (exact) mass is 438 g/mol. The minimum absolute atomic E-state index is 0.170. The van der Waals surface area contributed by atoms with E-state index in [-0.39, 0.29) is 12.5 Å². The van der Waals surface area contributed by atoms with Gasteiger partial charge in [-0.3, -0.25) is 9.69 Å². The van der Waals surface area contributed by atoms with Crippen molar-refractivity contribution in [3.8, 4) is 0 Å². The van der Waals surface area contributed by atoms with Gasteiger partial charge in [-0.1, -0.05) is 17.7 Å². The molecule has 0 radical (unpaired) electrons. The average molecular weight is 439 g/mol. The largest absolute Gasteiger partial charge is 0.388 e. The lowest BCUT2D eigenvalue weighted by Gasteiger charge is -2.42. The number of hydrogen-bond donors (Lipinski definition) is 2. The number of aliphatic hydroxyl groups is 1. The number of hydrogen-bond acceptors (Lipinski definition) is 6. The Morgan fingerprint density at radius 2 is 1.77 bits per heavy atom. The number of sulfonamides is 1. The van der Waals surface area contributed by atoms with Crippen LogP contribution in [0.4, 0.5) is 5.69 Å². The lowest BCUT2D eigenvalue weighted by atomic mass is 9.90. The number of benzene rings is 1. The summed E-state index contributed by atoms with van der Waals surface area (Å²) in [6.45, 7) is 5.49. The maximum atomic E-state index is 12.3. The lowest BCUT2D eigenvalue weighted by Crippen LogP contribution is -2.52. The van der Waals surface area contributed by atoms with Crippen LogP contribution in [0.1, 0.15) is 18.4 Å². The van der Waals surface area contributed by atoms with Crippen molar-refractivity contribution in [2.45, 2.75) is 25.4 Å². The molecule has 0 unspecified atom stereocenters. The van der Waals surface area contributed by atoms with E-state index in [0.29, 0.717) is 39.0 Å². The first kappa shape index (κ1) is 23.0. The van der Waals surface area contributed by atoms with E-state index in [1.807, 2.05) is 4.90 Å². The number of nitrogens with zero attached hydrogens (tertiary/aromatic N) is 3. The van der Waals surface area contributed by atoms with Crippen molar-refractivity contribution in [2.75, 3.05) is 64.0 Å². The third-order valence-electron chi connectivity index (χ3n) is 6.27. The van der Waals surface area contributed by atoms with Crippen LogP contribution in [0.2, 0.25) is 0 Å². The van der Waals surface area contributed by atoms with Crippen molar-refractivity contribution in [2.24, 2.45) is 5.92 Å². The molecule has 2 fully saturated rings. The molecule has 2 N–H and O–H groups in total. The third kappa shape index (κ3) is 5.72. The minimum Gasteiger partial charge on any atom is -0.388 e. The highest BCUT2D eigenvalue weighted by Crippen LogP contribution is 2.28. The zero-order chi connectivity index (χ0) is 21.9. The predicted molar refractivity (Wildman–Crippen MR) is 118 cm³/mol. The Kier molecular flexibility index (Phi) is 7.06. The normalized spacial score (nSPS) is 23.7. The number of anilines is 1. The fourth-order valence-electron chi connectivity index (χ4n) is 4.38. The fourth-order valence-corrected chi connectivity index (χ4v) is 5.24. The number of carbonyl (C=O) groups excluding carboxylic acids is 1. The lowest BCUT2D eigenvalue weighted by molar-refractivity contribution is -0.125. The summed E-state index contributed by atoms with van der Waals surface area (Å²) in [5.41, 5.74) is 1.55. The van der Waals surface area contributed by atoms with Gasteiger partial charge in [0.2, 0.25) is 15.9 Å². The second-order valence-electron chi connectivity index (χ2n) is 8.71. The predicted octanol–water partition coefficient (Wildman–Crippen LogP) is 0.266. The number of β-amino-alcohol motifs (C(OH)–C–C–N with tert-alkyl or cyclic N) is 1. The molecule has 0 aliphatic carbocycles. The van der Waals surface area contributed by atoms with E-state index in [2.05, 4.69) is 41.4 Å². The molecule has 0 bridgehead atoms. The van der Waals surface area contributed by atoms with Crippen molar-refractivity contribution < 1.29 is 18.3 Å². The number of rotatable bonds is 5. The van der Waals surface area contributed by atoms with Gasteiger partial charge >= 0.3 is 0 Å². The summed E-state index contributed by atoms with van der Waals surface area (Å²) in [4.78, 5) is 16.6. The molecule has 0 aromatic heterocycles. The van der Waals surface area contributed by atoms with Crippen molar-refractivity contribution in [3.63, 3.8) is 0 Å². The van der Waals surface area contributed by atoms with E-state index in [1.54, 1.807) is 7.05 Å². The molecule has 2 heterocycles. The number of nitrogens with one attached hydrogen (secondary N) is 1. The molecule has 0 saturated carbocycles. The standard InChI is InChI=1S/C21H34N4O4S/c1-17-4-6-19(7-5-17)24-10-8-21(27,9-11-24)16-23-12-13-25(30(3,28)29)15-18(14-23)20(26)22-2/h4-7,18,27H,8-16H2,1-3H3,(H,22,26)/t18-/m1/s1. The van der Waals surface area contributed by atoms with E-state index >= 15 is 0 Å². The zero-order valence-corrected chi connectivity index (χ0v) is 19.0. The summed E-state index contributed by atoms with van der Waals surface area (Å²) < 4.78 is 25.5. The number of amides is 1. The maximum Gasteiger partial charge on any atom is 0.225 e. The van der Waals surface area contributed by atoms with Crippen LogP contribution in [-0.2, 0) is 14.8 Å². The zero-order valence-electron chi connectivity index (χ0n) is 18.2. The first-order chi connectivity index (χ1) is 14.1. The van der Waals surface area contributed by atoms with Gasteiger partial charge in [0.05, 0.1) is 17.8 Å². The van der Waals surface area contributed by atoms with Crippen molar-refractivity contribution in [1.29, 1.82) is 0 Å². The molecule has 2 aliphatic rings. The van der Waals surface area contributed by atoms with E-state index in [9.17, 15) is 18.3 Å². The van der Waals surface area contributed by atoms with Crippen LogP contribution < -0.4 is 10.2 Å². The van der Waals surface area contributed by atoms with Gasteiger partial charge in [0.1, 0.15) is 0 Å². The van der Waals surface area contributed by atoms with Crippen LogP contribution >= 0.6 is 0 Å². The third-order valence-corrected chi connectivity index (χ3v) is 7.54. The fraction of sp³-hybridized carbons (Fsp3) is 0.667. The summed E-state index contributed by atoms with van der Waals surface area (Å²) in [6.07, 6.45) is 2.45. The van der Waals surface area contributed by atoms with Crippen LogP contribution in [-0.4, -0.2) is 93.4 Å². The first-order valence-corrected chi connectivity index (χ1v) is 12.4. The summed E-state index contributed by atoms with van der Waals surface area (Å²) in [7, 11) is -1.81. The molecule has 1 amide bonds. The Bertz CT molecular complexity index is 835. The van der Waals surface area contributed by atoms with Crippen LogP contribution in [0.15, 0.2) is 24.3 Å². The summed E-state index contributed by atoms with van der Waals surface area (Å²) in [5, 5.41) is 13.9. The summed E-state index contributed by atoms with van der Waals surface area (Å²) in [5.74, 6) is -0.625. The highest BCUT2D eigenvalue weighted by molar-refractivity contribution is 7.88. The molecule has 1 aromatic rings. The molecular formula is C21H34N4O4S. The topological polar surface area (TPSA) is 93.2 Å². The Hall–Kier alpha value is -1.68. The van der Waals surface area contributed by atoms with Crippen molar-refractivity contribution in [1.82, 2.24) is 14.5 Å². The van der Waals surface area contributed by atoms with Gasteiger partial charge < -0.3 is 15.3 Å². The van der Waals surface area contributed by atoms with E-state index < -0.39 is 21.5 Å². The molecule has 9 heteroatoms. The molecular weight excluding hydrogens is 404 g/mol. The molecule has 0 spiro atoms. The van der Waals surface area contributed by atoms with Gasteiger partial charge in [0, 0.05) is 58.5 Å². The second kappa shape index (κ2) is 9.21. The quantitative estimate of drug-likeness (QED) is 0.685. The Morgan fingerprint density at radius 3 is 2.33 bits per heavy atom. The molecule has 30 heavy (non-hydrogen) atoms. The minimum atomic E-state index is -3.38. The van der Waals surface area contributed by atoms with Crippen LogP contribution in [0.25, 0.3) is 0 Å². The van der Waals surface area contributed by atoms with Gasteiger partial charge in [0.15, 0.2) is 0 Å². The van der Waals surface area contributed by atoms with E-state index in [4.69, 9.17) is 0 Å². The van der Waals surface area contributed by atoms with Crippen molar-refractivity contribution >= 4 is 21.6 Å². The smallest absolute Gasteiger partial charge is 0.225 e. The highest BCUT2D eigenvalue weighted by atomic mass is 32.2. The molecule has 1 aromatic carbocycles. The van der Waals surface area contributed by atoms with E-state index in [1.165, 1.54) is 21.8 Å². The number of piperidine rings is 1. The first-order valence-electron chi connectivity index (χ1n) is 10.5. The van der Waals surface area contributed by atoms with Gasteiger partial charge in [-0.25, -0.2) is 12.7 Å². The Balaban J connectivity index is 1.64. The molecule has 1 atom stereocenters. The number of aryl methyl sites for hydroxylation is 1. The van der Waals surface area contributed by atoms with Gasteiger partial charge in [0.25, 0.3) is 0 Å². The van der Waals surface area contributed by atoms with Crippen LogP contribution in [0.3, 0.4) is 0 Å². The highest BCUT2D eigenvalue weighted by Gasteiger charge is 2.37. The SMILES string of the molecule is CNC(=O)[C@@H]1CN(CC2(O)CCN(c3ccc(C)cc3)CC2)CCN(S(C)(=O)=O)C1. The van der Waals surface area contributed by atoms with E-state index in [0.717, 1.165) is 13.1 Å². The van der Waals surface area contributed by atoms with Crippen LogP contribution in [0.5, 0.6) is 0 Å². The Labute approximate surface area is 179 Å². The van der Waals surface area contributed by atoms with Gasteiger partial charge in [-0.05, 0) is 31.9 Å². The summed E-state index contributed by atoms with van der Waals surface area (Å²) in [6, 6.07) is 8.42.